The van der Waals surface area contributed by atoms with Crippen molar-refractivity contribution in [3.05, 3.63) is 23.9 Å². The first-order chi connectivity index (χ1) is 13.2. The van der Waals surface area contributed by atoms with Crippen molar-refractivity contribution < 1.29 is 9.59 Å². The van der Waals surface area contributed by atoms with Crippen LogP contribution in [0.15, 0.2) is 18.3 Å². The Bertz CT molecular complexity index is 675. The van der Waals surface area contributed by atoms with Gasteiger partial charge in [0, 0.05) is 58.6 Å². The molecule has 0 unspecified atom stereocenters. The topological polar surface area (TPSA) is 60.0 Å². The van der Waals surface area contributed by atoms with Gasteiger partial charge in [-0.3, -0.25) is 14.5 Å². The van der Waals surface area contributed by atoms with Gasteiger partial charge in [-0.25, -0.2) is 4.98 Å². The number of carbonyl (C=O) groups excluding carboxylic acids is 2. The molecule has 0 atom stereocenters. The number of hydrogen-bond acceptors (Lipinski definition) is 5. The third kappa shape index (κ3) is 4.08. The van der Waals surface area contributed by atoms with E-state index in [1.54, 1.807) is 6.20 Å². The van der Waals surface area contributed by atoms with Crippen LogP contribution in [0.25, 0.3) is 0 Å². The highest BCUT2D eigenvalue weighted by atomic mass is 16.2. The van der Waals surface area contributed by atoms with Crippen molar-refractivity contribution in [1.82, 2.24) is 19.7 Å². The first kappa shape index (κ1) is 18.2. The zero-order chi connectivity index (χ0) is 18.6. The molecule has 0 N–H and O–H groups in total. The maximum absolute atomic E-state index is 13.1. The van der Waals surface area contributed by atoms with Crippen LogP contribution in [0.1, 0.15) is 36.0 Å². The second-order valence-electron chi connectivity index (χ2n) is 7.72. The summed E-state index contributed by atoms with van der Waals surface area (Å²) in [6, 6.07) is 3.74. The average Bonchev–Trinajstić information content (AvgIpc) is 3.42. The Morgan fingerprint density at radius 1 is 0.852 bits per heavy atom. The standard InChI is InChI=1S/C20H29N5O2/c26-18(23-8-1-2-9-23)16-22-12-14-25(15-13-22)20(27)17-6-5-7-21-19(17)24-10-3-4-11-24/h5-7H,1-4,8-16H2. The van der Waals surface area contributed by atoms with Gasteiger partial charge in [-0.1, -0.05) is 0 Å². The van der Waals surface area contributed by atoms with E-state index in [-0.39, 0.29) is 11.8 Å². The lowest BCUT2D eigenvalue weighted by Gasteiger charge is -2.35. The van der Waals surface area contributed by atoms with E-state index in [0.29, 0.717) is 25.2 Å². The van der Waals surface area contributed by atoms with E-state index in [2.05, 4.69) is 14.8 Å². The summed E-state index contributed by atoms with van der Waals surface area (Å²) in [4.78, 5) is 38.2. The number of aromatic nitrogens is 1. The molecule has 4 rings (SSSR count). The summed E-state index contributed by atoms with van der Waals surface area (Å²) in [5.74, 6) is 1.12. The van der Waals surface area contributed by atoms with Crippen LogP contribution in [-0.2, 0) is 4.79 Å². The molecule has 0 spiro atoms. The van der Waals surface area contributed by atoms with Crippen LogP contribution in [0.4, 0.5) is 5.82 Å². The van der Waals surface area contributed by atoms with E-state index in [1.165, 1.54) is 0 Å². The third-order valence-electron chi connectivity index (χ3n) is 5.90. The minimum atomic E-state index is 0.0653. The van der Waals surface area contributed by atoms with Gasteiger partial charge in [-0.2, -0.15) is 0 Å². The van der Waals surface area contributed by atoms with E-state index in [1.807, 2.05) is 21.9 Å². The number of rotatable bonds is 4. The monoisotopic (exact) mass is 371 g/mol. The van der Waals surface area contributed by atoms with Gasteiger partial charge in [0.15, 0.2) is 0 Å². The van der Waals surface area contributed by atoms with E-state index in [4.69, 9.17) is 0 Å². The Balaban J connectivity index is 1.34. The molecule has 0 aliphatic carbocycles. The van der Waals surface area contributed by atoms with Gasteiger partial charge >= 0.3 is 0 Å². The molecule has 0 aromatic carbocycles. The summed E-state index contributed by atoms with van der Waals surface area (Å²) in [7, 11) is 0. The number of hydrogen-bond donors (Lipinski definition) is 0. The number of pyridine rings is 1. The molecule has 7 heteroatoms. The minimum Gasteiger partial charge on any atom is -0.356 e. The Hall–Kier alpha value is -2.15. The van der Waals surface area contributed by atoms with Crippen LogP contribution in [0.5, 0.6) is 0 Å². The second kappa shape index (κ2) is 8.25. The van der Waals surface area contributed by atoms with Gasteiger partial charge in [-0.05, 0) is 37.8 Å². The maximum Gasteiger partial charge on any atom is 0.257 e. The molecule has 0 saturated carbocycles. The lowest BCUT2D eigenvalue weighted by atomic mass is 10.2. The van der Waals surface area contributed by atoms with Gasteiger partial charge in [0.05, 0.1) is 12.1 Å². The number of carbonyl (C=O) groups is 2. The summed E-state index contributed by atoms with van der Waals surface area (Å²) in [6.45, 7) is 7.08. The Kier molecular flexibility index (Phi) is 5.57. The van der Waals surface area contributed by atoms with Crippen LogP contribution in [0, 0.1) is 0 Å². The van der Waals surface area contributed by atoms with Gasteiger partial charge in [0.1, 0.15) is 5.82 Å². The van der Waals surface area contributed by atoms with Crippen molar-refractivity contribution in [1.29, 1.82) is 0 Å². The highest BCUT2D eigenvalue weighted by molar-refractivity contribution is 5.99. The summed E-state index contributed by atoms with van der Waals surface area (Å²) < 4.78 is 0. The highest BCUT2D eigenvalue weighted by Gasteiger charge is 2.28. The molecule has 27 heavy (non-hydrogen) atoms. The molecular formula is C20H29N5O2. The fourth-order valence-electron chi connectivity index (χ4n) is 4.28. The summed E-state index contributed by atoms with van der Waals surface area (Å²) in [5.41, 5.74) is 0.709. The normalized spacial score (nSPS) is 21.1. The van der Waals surface area contributed by atoms with Crippen LogP contribution in [-0.4, -0.2) is 90.4 Å². The van der Waals surface area contributed by atoms with Crippen LogP contribution >= 0.6 is 0 Å². The van der Waals surface area contributed by atoms with E-state index in [9.17, 15) is 9.59 Å². The van der Waals surface area contributed by atoms with Crippen molar-refractivity contribution in [3.8, 4) is 0 Å². The maximum atomic E-state index is 13.1. The van der Waals surface area contributed by atoms with Gasteiger partial charge in [0.25, 0.3) is 5.91 Å². The van der Waals surface area contributed by atoms with Crippen molar-refractivity contribution in [3.63, 3.8) is 0 Å². The first-order valence-electron chi connectivity index (χ1n) is 10.2. The lowest BCUT2D eigenvalue weighted by Crippen LogP contribution is -2.51. The number of likely N-dealkylation sites (tertiary alicyclic amines) is 1. The molecule has 3 saturated heterocycles. The number of piperazine rings is 1. The quantitative estimate of drug-likeness (QED) is 0.792. The second-order valence-corrected chi connectivity index (χ2v) is 7.72. The average molecular weight is 371 g/mol. The third-order valence-corrected chi connectivity index (χ3v) is 5.90. The van der Waals surface area contributed by atoms with Crippen molar-refractivity contribution >= 4 is 17.6 Å². The molecule has 3 aliphatic rings. The predicted molar refractivity (Wildman–Crippen MR) is 104 cm³/mol. The highest BCUT2D eigenvalue weighted by Crippen LogP contribution is 2.23. The fourth-order valence-corrected chi connectivity index (χ4v) is 4.28. The van der Waals surface area contributed by atoms with Crippen LogP contribution in [0.3, 0.4) is 0 Å². The molecule has 1 aromatic heterocycles. The molecule has 3 aliphatic heterocycles. The molecule has 2 amide bonds. The minimum absolute atomic E-state index is 0.0653. The zero-order valence-electron chi connectivity index (χ0n) is 16.0. The Morgan fingerprint density at radius 3 is 2.22 bits per heavy atom. The number of anilines is 1. The molecule has 4 heterocycles. The van der Waals surface area contributed by atoms with Crippen LogP contribution in [0.2, 0.25) is 0 Å². The Morgan fingerprint density at radius 2 is 1.52 bits per heavy atom. The largest absolute Gasteiger partial charge is 0.356 e. The van der Waals surface area contributed by atoms with E-state index < -0.39 is 0 Å². The SMILES string of the molecule is O=C(CN1CCN(C(=O)c2cccnc2N2CCCC2)CC1)N1CCCC1. The van der Waals surface area contributed by atoms with Gasteiger partial charge in [-0.15, -0.1) is 0 Å². The summed E-state index contributed by atoms with van der Waals surface area (Å²) in [5, 5.41) is 0. The zero-order valence-corrected chi connectivity index (χ0v) is 16.0. The number of nitrogens with zero attached hydrogens (tertiary/aromatic N) is 5. The van der Waals surface area contributed by atoms with E-state index >= 15 is 0 Å². The fraction of sp³-hybridized carbons (Fsp3) is 0.650. The molecular weight excluding hydrogens is 342 g/mol. The molecule has 146 valence electrons. The van der Waals surface area contributed by atoms with Crippen molar-refractivity contribution in [2.45, 2.75) is 25.7 Å². The van der Waals surface area contributed by atoms with Crippen LogP contribution < -0.4 is 4.90 Å². The smallest absolute Gasteiger partial charge is 0.257 e. The summed E-state index contributed by atoms with van der Waals surface area (Å²) >= 11 is 0. The van der Waals surface area contributed by atoms with E-state index in [0.717, 1.165) is 70.8 Å². The summed E-state index contributed by atoms with van der Waals surface area (Å²) in [6.07, 6.45) is 6.34. The van der Waals surface area contributed by atoms with Crippen molar-refractivity contribution in [2.75, 3.05) is 63.8 Å². The lowest BCUT2D eigenvalue weighted by molar-refractivity contribution is -0.131. The van der Waals surface area contributed by atoms with Crippen molar-refractivity contribution in [2.24, 2.45) is 0 Å². The molecule has 7 nitrogen and oxygen atoms in total. The first-order valence-corrected chi connectivity index (χ1v) is 10.2. The Labute approximate surface area is 160 Å². The molecule has 3 fully saturated rings. The van der Waals surface area contributed by atoms with Gasteiger partial charge in [0.2, 0.25) is 5.91 Å². The number of amides is 2. The molecule has 0 radical (unpaired) electrons. The molecule has 0 bridgehead atoms. The predicted octanol–water partition coefficient (Wildman–Crippen LogP) is 1.06. The molecule has 1 aromatic rings. The van der Waals surface area contributed by atoms with Gasteiger partial charge < -0.3 is 14.7 Å².